The van der Waals surface area contributed by atoms with Crippen molar-refractivity contribution in [2.45, 2.75) is 30.4 Å². The monoisotopic (exact) mass is 371 g/mol. The van der Waals surface area contributed by atoms with Crippen LogP contribution in [-0.4, -0.2) is 32.8 Å². The van der Waals surface area contributed by atoms with Gasteiger partial charge in [0, 0.05) is 13.1 Å². The molecule has 1 unspecified atom stereocenters. The lowest BCUT2D eigenvalue weighted by Crippen LogP contribution is -2.40. The highest BCUT2D eigenvalue weighted by atomic mass is 32.2. The molecule has 7 heteroatoms. The van der Waals surface area contributed by atoms with Crippen molar-refractivity contribution in [1.82, 2.24) is 15.1 Å². The van der Waals surface area contributed by atoms with Gasteiger partial charge in [0.2, 0.25) is 5.91 Å². The van der Waals surface area contributed by atoms with Crippen LogP contribution in [-0.2, 0) is 17.8 Å². The summed E-state index contributed by atoms with van der Waals surface area (Å²) in [6, 6.07) is 12.2. The second-order valence-electron chi connectivity index (χ2n) is 5.89. The van der Waals surface area contributed by atoms with Crippen LogP contribution in [0.3, 0.4) is 0 Å². The van der Waals surface area contributed by atoms with Gasteiger partial charge in [0.05, 0.1) is 10.1 Å². The van der Waals surface area contributed by atoms with E-state index < -0.39 is 0 Å². The lowest BCUT2D eigenvalue weighted by atomic mass is 10.00. The first-order chi connectivity index (χ1) is 12.2. The van der Waals surface area contributed by atoms with Crippen molar-refractivity contribution in [3.05, 3.63) is 52.9 Å². The quantitative estimate of drug-likeness (QED) is 0.652. The second-order valence-corrected chi connectivity index (χ2v) is 8.13. The molecular formula is C18H17N3O2S2. The topological polar surface area (TPSA) is 59.2 Å². The van der Waals surface area contributed by atoms with Gasteiger partial charge in [0.1, 0.15) is 0 Å². The minimum absolute atomic E-state index is 0.107. The van der Waals surface area contributed by atoms with Gasteiger partial charge < -0.3 is 9.32 Å². The summed E-state index contributed by atoms with van der Waals surface area (Å²) in [6.45, 7) is 3.32. The summed E-state index contributed by atoms with van der Waals surface area (Å²) < 4.78 is 5.67. The van der Waals surface area contributed by atoms with Crippen LogP contribution in [0.15, 0.2) is 51.4 Å². The molecule has 1 aromatic carbocycles. The third kappa shape index (κ3) is 3.48. The number of aromatic nitrogens is 2. The van der Waals surface area contributed by atoms with E-state index in [0.717, 1.165) is 17.8 Å². The number of nitrogens with zero attached hydrogens (tertiary/aromatic N) is 3. The van der Waals surface area contributed by atoms with Crippen molar-refractivity contribution in [3.8, 4) is 10.8 Å². The highest BCUT2D eigenvalue weighted by Crippen LogP contribution is 2.30. The number of thioether (sulfide) groups is 1. The molecule has 0 aliphatic carbocycles. The lowest BCUT2D eigenvalue weighted by molar-refractivity contribution is -0.131. The van der Waals surface area contributed by atoms with Crippen molar-refractivity contribution in [1.29, 1.82) is 0 Å². The SMILES string of the molecule is CC(Sc1nnc(-c2cccs2)o1)C(=O)N1CCc2ccccc2C1. The molecule has 5 nitrogen and oxygen atoms in total. The van der Waals surface area contributed by atoms with Gasteiger partial charge in [0.25, 0.3) is 11.1 Å². The van der Waals surface area contributed by atoms with Crippen LogP contribution in [0.1, 0.15) is 18.1 Å². The molecule has 0 saturated carbocycles. The average Bonchev–Trinajstić information content (AvgIpc) is 3.32. The molecule has 0 spiro atoms. The Morgan fingerprint density at radius 1 is 1.24 bits per heavy atom. The van der Waals surface area contributed by atoms with Gasteiger partial charge in [0.15, 0.2) is 0 Å². The molecule has 25 heavy (non-hydrogen) atoms. The number of thiophene rings is 1. The summed E-state index contributed by atoms with van der Waals surface area (Å²) >= 11 is 2.87. The Labute approximate surface area is 154 Å². The predicted octanol–water partition coefficient (Wildman–Crippen LogP) is 3.86. The normalized spacial score (nSPS) is 15.0. The van der Waals surface area contributed by atoms with Gasteiger partial charge in [-0.1, -0.05) is 42.1 Å². The maximum Gasteiger partial charge on any atom is 0.277 e. The predicted molar refractivity (Wildman–Crippen MR) is 98.5 cm³/mol. The fourth-order valence-corrected chi connectivity index (χ4v) is 4.31. The third-order valence-electron chi connectivity index (χ3n) is 4.21. The smallest absolute Gasteiger partial charge is 0.277 e. The van der Waals surface area contributed by atoms with E-state index in [1.807, 2.05) is 35.4 Å². The van der Waals surface area contributed by atoms with Crippen molar-refractivity contribution >= 4 is 29.0 Å². The van der Waals surface area contributed by atoms with Crippen molar-refractivity contribution in [2.75, 3.05) is 6.54 Å². The van der Waals surface area contributed by atoms with Gasteiger partial charge >= 0.3 is 0 Å². The summed E-state index contributed by atoms with van der Waals surface area (Å²) in [5, 5.41) is 10.3. The number of rotatable bonds is 4. The number of carbonyl (C=O) groups excluding carboxylic acids is 1. The van der Waals surface area contributed by atoms with Gasteiger partial charge in [-0.15, -0.1) is 21.5 Å². The van der Waals surface area contributed by atoms with Crippen LogP contribution in [0.4, 0.5) is 0 Å². The van der Waals surface area contributed by atoms with E-state index >= 15 is 0 Å². The molecule has 0 radical (unpaired) electrons. The van der Waals surface area contributed by atoms with Gasteiger partial charge in [-0.3, -0.25) is 4.79 Å². The first kappa shape index (κ1) is 16.4. The van der Waals surface area contributed by atoms with Crippen molar-refractivity contribution in [3.63, 3.8) is 0 Å². The zero-order chi connectivity index (χ0) is 17.2. The number of hydrogen-bond acceptors (Lipinski definition) is 6. The van der Waals surface area contributed by atoms with Gasteiger partial charge in [-0.05, 0) is 35.9 Å². The molecule has 128 valence electrons. The van der Waals surface area contributed by atoms with Crippen LogP contribution in [0, 0.1) is 0 Å². The molecule has 1 aliphatic rings. The minimum atomic E-state index is -0.262. The van der Waals surface area contributed by atoms with Crippen LogP contribution in [0.2, 0.25) is 0 Å². The summed E-state index contributed by atoms with van der Waals surface area (Å²) in [5.74, 6) is 0.611. The molecule has 3 aromatic rings. The first-order valence-corrected chi connectivity index (χ1v) is 9.86. The number of fused-ring (bicyclic) bond motifs is 1. The fourth-order valence-electron chi connectivity index (χ4n) is 2.90. The van der Waals surface area contributed by atoms with Crippen LogP contribution >= 0.6 is 23.1 Å². The summed E-state index contributed by atoms with van der Waals surface area (Å²) in [7, 11) is 0. The van der Waals surface area contributed by atoms with E-state index in [9.17, 15) is 4.79 Å². The molecule has 4 rings (SSSR count). The Bertz CT molecular complexity index is 876. The molecule has 0 fully saturated rings. The van der Waals surface area contributed by atoms with Crippen molar-refractivity contribution in [2.24, 2.45) is 0 Å². The molecule has 0 saturated heterocycles. The highest BCUT2D eigenvalue weighted by molar-refractivity contribution is 8.00. The molecule has 1 amide bonds. The molecular weight excluding hydrogens is 354 g/mol. The van der Waals surface area contributed by atoms with Crippen LogP contribution < -0.4 is 0 Å². The van der Waals surface area contributed by atoms with E-state index in [4.69, 9.17) is 4.42 Å². The molecule has 1 atom stereocenters. The van der Waals surface area contributed by atoms with Crippen LogP contribution in [0.5, 0.6) is 0 Å². The van der Waals surface area contributed by atoms with E-state index in [0.29, 0.717) is 17.7 Å². The third-order valence-corrected chi connectivity index (χ3v) is 5.99. The molecule has 0 bridgehead atoms. The van der Waals surface area contributed by atoms with Gasteiger partial charge in [-0.2, -0.15) is 0 Å². The van der Waals surface area contributed by atoms with Crippen LogP contribution in [0.25, 0.3) is 10.8 Å². The first-order valence-electron chi connectivity index (χ1n) is 8.10. The summed E-state index contributed by atoms with van der Waals surface area (Å²) in [4.78, 5) is 15.6. The molecule has 0 N–H and O–H groups in total. The maximum atomic E-state index is 12.8. The molecule has 3 heterocycles. The minimum Gasteiger partial charge on any atom is -0.410 e. The largest absolute Gasteiger partial charge is 0.410 e. The summed E-state index contributed by atoms with van der Waals surface area (Å²) in [6.07, 6.45) is 0.905. The number of benzene rings is 1. The molecule has 1 aliphatic heterocycles. The Balaban J connectivity index is 1.41. The lowest BCUT2D eigenvalue weighted by Gasteiger charge is -2.30. The number of amides is 1. The summed E-state index contributed by atoms with van der Waals surface area (Å²) in [5.41, 5.74) is 2.57. The molecule has 2 aromatic heterocycles. The van der Waals surface area contributed by atoms with Crippen molar-refractivity contribution < 1.29 is 9.21 Å². The Hall–Kier alpha value is -2.12. The van der Waals surface area contributed by atoms with E-state index in [2.05, 4.69) is 28.4 Å². The number of carbonyl (C=O) groups is 1. The fraction of sp³-hybridized carbons (Fsp3) is 0.278. The Morgan fingerprint density at radius 2 is 2.08 bits per heavy atom. The number of hydrogen-bond donors (Lipinski definition) is 0. The zero-order valence-electron chi connectivity index (χ0n) is 13.7. The Morgan fingerprint density at radius 3 is 2.88 bits per heavy atom. The maximum absolute atomic E-state index is 12.8. The van der Waals surface area contributed by atoms with E-state index in [1.54, 1.807) is 11.3 Å². The standard InChI is InChI=1S/C18H17N3O2S2/c1-12(25-18-20-19-16(23-18)15-7-4-10-24-15)17(22)21-9-8-13-5-2-3-6-14(13)11-21/h2-7,10,12H,8-9,11H2,1H3. The Kier molecular flexibility index (Phi) is 4.59. The van der Waals surface area contributed by atoms with E-state index in [1.165, 1.54) is 22.9 Å². The zero-order valence-corrected chi connectivity index (χ0v) is 15.3. The van der Waals surface area contributed by atoms with Gasteiger partial charge in [-0.25, -0.2) is 0 Å². The average molecular weight is 371 g/mol. The highest BCUT2D eigenvalue weighted by Gasteiger charge is 2.26. The van der Waals surface area contributed by atoms with E-state index in [-0.39, 0.29) is 11.2 Å². The second kappa shape index (κ2) is 7.01.